The Morgan fingerprint density at radius 3 is 2.62 bits per heavy atom. The van der Waals surface area contributed by atoms with Gasteiger partial charge >= 0.3 is 0 Å². The molecular formula is C6H10FI. The normalized spacial score (nSPS) is 14.9. The lowest BCUT2D eigenvalue weighted by molar-refractivity contribution is 0.365. The molecule has 0 aliphatic carbocycles. The number of rotatable bonds is 3. The standard InChI is InChI=1S/C6H10FI/c1-6(7)4-2-3-5-8/h2-3,6H,4-5H2,1H3/b3-2+. The summed E-state index contributed by atoms with van der Waals surface area (Å²) < 4.78 is 12.9. The molecule has 0 amide bonds. The molecular weight excluding hydrogens is 218 g/mol. The fraction of sp³-hybridized carbons (Fsp3) is 0.667. The van der Waals surface area contributed by atoms with Crippen molar-refractivity contribution >= 4 is 22.6 Å². The number of halogens is 2. The summed E-state index contributed by atoms with van der Waals surface area (Å²) in [5, 5.41) is 0. The highest BCUT2D eigenvalue weighted by Crippen LogP contribution is 1.96. The van der Waals surface area contributed by atoms with Gasteiger partial charge in [-0.25, -0.2) is 4.39 Å². The molecule has 2 heteroatoms. The van der Waals surface area contributed by atoms with Crippen LogP contribution in [0.2, 0.25) is 0 Å². The molecule has 0 radical (unpaired) electrons. The maximum atomic E-state index is 12.0. The van der Waals surface area contributed by atoms with Crippen LogP contribution in [0.1, 0.15) is 13.3 Å². The van der Waals surface area contributed by atoms with Crippen LogP contribution < -0.4 is 0 Å². The van der Waals surface area contributed by atoms with Gasteiger partial charge in [0.2, 0.25) is 0 Å². The quantitative estimate of drug-likeness (QED) is 0.395. The molecule has 48 valence electrons. The largest absolute Gasteiger partial charge is 0.247 e. The fourth-order valence-corrected chi connectivity index (χ4v) is 0.706. The van der Waals surface area contributed by atoms with Crippen LogP contribution in [0.5, 0.6) is 0 Å². The molecule has 0 aromatic heterocycles. The lowest BCUT2D eigenvalue weighted by Gasteiger charge is -1.90. The minimum Gasteiger partial charge on any atom is -0.247 e. The Morgan fingerprint density at radius 2 is 2.25 bits per heavy atom. The lowest BCUT2D eigenvalue weighted by atomic mass is 10.3. The van der Waals surface area contributed by atoms with E-state index in [1.54, 1.807) is 6.92 Å². The van der Waals surface area contributed by atoms with Gasteiger partial charge in [0.1, 0.15) is 6.17 Å². The predicted octanol–water partition coefficient (Wildman–Crippen LogP) is 2.73. The van der Waals surface area contributed by atoms with Crippen molar-refractivity contribution in [3.8, 4) is 0 Å². The lowest BCUT2D eigenvalue weighted by Crippen LogP contribution is -1.86. The van der Waals surface area contributed by atoms with E-state index in [0.29, 0.717) is 6.42 Å². The molecule has 1 unspecified atom stereocenters. The summed E-state index contributed by atoms with van der Waals surface area (Å²) in [6, 6.07) is 0. The van der Waals surface area contributed by atoms with Gasteiger partial charge in [-0.2, -0.15) is 0 Å². The molecule has 0 fully saturated rings. The van der Waals surface area contributed by atoms with Gasteiger partial charge in [-0.1, -0.05) is 34.7 Å². The Balaban J connectivity index is 3.03. The van der Waals surface area contributed by atoms with Gasteiger partial charge in [-0.05, 0) is 13.3 Å². The van der Waals surface area contributed by atoms with Crippen molar-refractivity contribution in [2.75, 3.05) is 4.43 Å². The summed E-state index contributed by atoms with van der Waals surface area (Å²) >= 11 is 2.22. The van der Waals surface area contributed by atoms with Crippen LogP contribution in [0, 0.1) is 0 Å². The molecule has 0 bridgehead atoms. The van der Waals surface area contributed by atoms with Gasteiger partial charge in [0.15, 0.2) is 0 Å². The van der Waals surface area contributed by atoms with Crippen molar-refractivity contribution in [1.29, 1.82) is 0 Å². The van der Waals surface area contributed by atoms with E-state index in [0.717, 1.165) is 4.43 Å². The Bertz CT molecular complexity index is 68.9. The van der Waals surface area contributed by atoms with E-state index >= 15 is 0 Å². The first-order chi connectivity index (χ1) is 3.77. The minimum atomic E-state index is -0.686. The first-order valence-electron chi connectivity index (χ1n) is 2.62. The first-order valence-corrected chi connectivity index (χ1v) is 4.15. The van der Waals surface area contributed by atoms with Crippen LogP contribution in [-0.4, -0.2) is 10.6 Å². The molecule has 1 atom stereocenters. The molecule has 8 heavy (non-hydrogen) atoms. The SMILES string of the molecule is CC(F)C/C=C/CI. The first kappa shape index (κ1) is 8.40. The van der Waals surface area contributed by atoms with E-state index in [9.17, 15) is 4.39 Å². The third-order valence-corrected chi connectivity index (χ3v) is 1.23. The van der Waals surface area contributed by atoms with Crippen LogP contribution in [0.15, 0.2) is 12.2 Å². The van der Waals surface area contributed by atoms with Gasteiger partial charge in [0, 0.05) is 4.43 Å². The molecule has 0 aliphatic heterocycles. The Labute approximate surface area is 63.3 Å². The third-order valence-electron chi connectivity index (χ3n) is 0.717. The molecule has 0 saturated heterocycles. The number of alkyl halides is 2. The van der Waals surface area contributed by atoms with Crippen LogP contribution >= 0.6 is 22.6 Å². The second-order valence-corrected chi connectivity index (χ2v) is 2.52. The van der Waals surface area contributed by atoms with E-state index in [-0.39, 0.29) is 0 Å². The number of hydrogen-bond acceptors (Lipinski definition) is 0. The Kier molecular flexibility index (Phi) is 5.81. The fourth-order valence-electron chi connectivity index (χ4n) is 0.347. The summed E-state index contributed by atoms with van der Waals surface area (Å²) in [4.78, 5) is 0. The second kappa shape index (κ2) is 5.54. The summed E-state index contributed by atoms with van der Waals surface area (Å²) in [5.74, 6) is 0. The summed E-state index contributed by atoms with van der Waals surface area (Å²) in [6.45, 7) is 1.57. The maximum absolute atomic E-state index is 12.0. The maximum Gasteiger partial charge on any atom is 0.101 e. The molecule has 0 spiro atoms. The van der Waals surface area contributed by atoms with Gasteiger partial charge in [-0.3, -0.25) is 0 Å². The highest BCUT2D eigenvalue weighted by atomic mass is 127. The minimum absolute atomic E-state index is 0.559. The van der Waals surface area contributed by atoms with E-state index in [1.165, 1.54) is 0 Å². The molecule has 0 rings (SSSR count). The number of allylic oxidation sites excluding steroid dienone is 2. The third kappa shape index (κ3) is 6.40. The summed E-state index contributed by atoms with van der Waals surface area (Å²) in [7, 11) is 0. The van der Waals surface area contributed by atoms with Gasteiger partial charge in [0.05, 0.1) is 0 Å². The van der Waals surface area contributed by atoms with Crippen molar-refractivity contribution in [3.05, 3.63) is 12.2 Å². The number of hydrogen-bond donors (Lipinski definition) is 0. The van der Waals surface area contributed by atoms with Crippen molar-refractivity contribution in [1.82, 2.24) is 0 Å². The van der Waals surface area contributed by atoms with Crippen molar-refractivity contribution in [3.63, 3.8) is 0 Å². The van der Waals surface area contributed by atoms with Crippen LogP contribution in [0.25, 0.3) is 0 Å². The Hall–Kier alpha value is 0.400. The second-order valence-electron chi connectivity index (χ2n) is 1.64. The van der Waals surface area contributed by atoms with Crippen molar-refractivity contribution in [2.45, 2.75) is 19.5 Å². The zero-order valence-corrected chi connectivity index (χ0v) is 7.06. The smallest absolute Gasteiger partial charge is 0.101 e. The molecule has 0 saturated carbocycles. The Morgan fingerprint density at radius 1 is 1.62 bits per heavy atom. The van der Waals surface area contributed by atoms with E-state index in [4.69, 9.17) is 0 Å². The molecule has 0 aromatic rings. The van der Waals surface area contributed by atoms with Crippen LogP contribution in [-0.2, 0) is 0 Å². The summed E-state index contributed by atoms with van der Waals surface area (Å²) in [5.41, 5.74) is 0. The van der Waals surface area contributed by atoms with Gasteiger partial charge in [0.25, 0.3) is 0 Å². The van der Waals surface area contributed by atoms with Crippen molar-refractivity contribution in [2.24, 2.45) is 0 Å². The monoisotopic (exact) mass is 228 g/mol. The molecule has 0 aromatic carbocycles. The zero-order valence-electron chi connectivity index (χ0n) is 4.90. The molecule has 0 nitrogen and oxygen atoms in total. The van der Waals surface area contributed by atoms with Gasteiger partial charge in [-0.15, -0.1) is 0 Å². The average molecular weight is 228 g/mol. The van der Waals surface area contributed by atoms with E-state index < -0.39 is 6.17 Å². The van der Waals surface area contributed by atoms with Crippen LogP contribution in [0.4, 0.5) is 4.39 Å². The molecule has 0 aliphatic rings. The highest BCUT2D eigenvalue weighted by molar-refractivity contribution is 14.1. The predicted molar refractivity (Wildman–Crippen MR) is 43.2 cm³/mol. The van der Waals surface area contributed by atoms with Crippen molar-refractivity contribution < 1.29 is 4.39 Å². The summed E-state index contributed by atoms with van der Waals surface area (Å²) in [6.07, 6.45) is 3.71. The topological polar surface area (TPSA) is 0 Å². The van der Waals surface area contributed by atoms with E-state index in [2.05, 4.69) is 22.6 Å². The highest BCUT2D eigenvalue weighted by Gasteiger charge is 1.89. The molecule has 0 N–H and O–H groups in total. The van der Waals surface area contributed by atoms with E-state index in [1.807, 2.05) is 12.2 Å². The average Bonchev–Trinajstić information content (AvgIpc) is 1.66. The zero-order chi connectivity index (χ0) is 6.41. The molecule has 0 heterocycles. The van der Waals surface area contributed by atoms with Crippen LogP contribution in [0.3, 0.4) is 0 Å². The van der Waals surface area contributed by atoms with Gasteiger partial charge < -0.3 is 0 Å².